The van der Waals surface area contributed by atoms with Gasteiger partial charge in [-0.1, -0.05) is 30.9 Å². The first-order valence-electron chi connectivity index (χ1n) is 7.08. The summed E-state index contributed by atoms with van der Waals surface area (Å²) < 4.78 is 0. The Bertz CT molecular complexity index is 475. The van der Waals surface area contributed by atoms with Crippen molar-refractivity contribution >= 4 is 35.0 Å². The molecule has 0 heterocycles. The number of nitrogens with two attached hydrogens (primary N) is 1. The lowest BCUT2D eigenvalue weighted by Gasteiger charge is -2.24. The molecule has 0 aliphatic heterocycles. The summed E-state index contributed by atoms with van der Waals surface area (Å²) in [6, 6.07) is 5.74. The number of anilines is 1. The van der Waals surface area contributed by atoms with Gasteiger partial charge in [-0.2, -0.15) is 0 Å². The molecule has 2 rings (SSSR count). The van der Waals surface area contributed by atoms with Gasteiger partial charge in [-0.3, -0.25) is 4.79 Å². The summed E-state index contributed by atoms with van der Waals surface area (Å²) in [4.78, 5) is 13.1. The summed E-state index contributed by atoms with van der Waals surface area (Å²) in [6.45, 7) is 1.91. The Kier molecular flexibility index (Phi) is 5.61. The summed E-state index contributed by atoms with van der Waals surface area (Å²) in [5.41, 5.74) is 6.31. The van der Waals surface area contributed by atoms with Crippen molar-refractivity contribution in [1.29, 1.82) is 0 Å². The minimum absolute atomic E-state index is 0.0924. The molecular formula is C15H21ClN2OS. The summed E-state index contributed by atoms with van der Waals surface area (Å²) in [7, 11) is 0. The van der Waals surface area contributed by atoms with Crippen molar-refractivity contribution in [2.75, 3.05) is 5.73 Å². The minimum Gasteiger partial charge on any atom is -0.399 e. The average molecular weight is 313 g/mol. The van der Waals surface area contributed by atoms with Crippen LogP contribution in [0.4, 0.5) is 5.69 Å². The van der Waals surface area contributed by atoms with Crippen molar-refractivity contribution in [2.24, 2.45) is 0 Å². The zero-order chi connectivity index (χ0) is 14.5. The van der Waals surface area contributed by atoms with E-state index in [1.54, 1.807) is 12.1 Å². The van der Waals surface area contributed by atoms with Gasteiger partial charge in [0.15, 0.2) is 0 Å². The first-order chi connectivity index (χ1) is 9.56. The average Bonchev–Trinajstić information content (AvgIpc) is 2.43. The van der Waals surface area contributed by atoms with Crippen LogP contribution in [0.15, 0.2) is 23.1 Å². The van der Waals surface area contributed by atoms with E-state index in [4.69, 9.17) is 17.3 Å². The van der Waals surface area contributed by atoms with E-state index in [1.165, 1.54) is 31.0 Å². The molecule has 0 bridgehead atoms. The van der Waals surface area contributed by atoms with Gasteiger partial charge in [-0.15, -0.1) is 11.8 Å². The molecule has 1 fully saturated rings. The highest BCUT2D eigenvalue weighted by Crippen LogP contribution is 2.32. The lowest BCUT2D eigenvalue weighted by Crippen LogP contribution is -2.40. The van der Waals surface area contributed by atoms with Crippen molar-refractivity contribution in [3.63, 3.8) is 0 Å². The number of nitrogen functional groups attached to an aromatic ring is 1. The Hall–Kier alpha value is -0.870. The van der Waals surface area contributed by atoms with Crippen molar-refractivity contribution in [3.8, 4) is 0 Å². The second kappa shape index (κ2) is 7.23. The Morgan fingerprint density at radius 1 is 1.40 bits per heavy atom. The highest BCUT2D eigenvalue weighted by Gasteiger charge is 2.20. The van der Waals surface area contributed by atoms with Crippen LogP contribution >= 0.6 is 23.4 Å². The normalized spacial score (nSPS) is 17.7. The molecule has 0 radical (unpaired) electrons. The summed E-state index contributed by atoms with van der Waals surface area (Å²) in [6.07, 6.45) is 5.93. The molecule has 5 heteroatoms. The molecule has 110 valence electrons. The minimum atomic E-state index is -0.155. The largest absolute Gasteiger partial charge is 0.399 e. The highest BCUT2D eigenvalue weighted by atomic mass is 35.5. The molecule has 1 atom stereocenters. The van der Waals surface area contributed by atoms with E-state index in [0.29, 0.717) is 16.8 Å². The number of amides is 1. The van der Waals surface area contributed by atoms with Gasteiger partial charge in [-0.05, 0) is 38.0 Å². The topological polar surface area (TPSA) is 55.1 Å². The number of hydrogen-bond acceptors (Lipinski definition) is 3. The maximum Gasteiger partial charge on any atom is 0.233 e. The zero-order valence-electron chi connectivity index (χ0n) is 11.7. The summed E-state index contributed by atoms with van der Waals surface area (Å²) in [5.74, 6) is 0.0924. The van der Waals surface area contributed by atoms with Crippen molar-refractivity contribution in [3.05, 3.63) is 23.2 Å². The predicted octanol–water partition coefficient (Wildman–Crippen LogP) is 3.85. The molecule has 1 amide bonds. The number of carbonyl (C=O) groups excluding carboxylic acids is 1. The van der Waals surface area contributed by atoms with Crippen molar-refractivity contribution in [2.45, 2.75) is 55.2 Å². The van der Waals surface area contributed by atoms with Crippen molar-refractivity contribution in [1.82, 2.24) is 5.32 Å². The summed E-state index contributed by atoms with van der Waals surface area (Å²) in [5, 5.41) is 3.59. The Morgan fingerprint density at radius 2 is 2.10 bits per heavy atom. The third kappa shape index (κ3) is 4.32. The van der Waals surface area contributed by atoms with Gasteiger partial charge in [0.25, 0.3) is 0 Å². The predicted molar refractivity (Wildman–Crippen MR) is 86.2 cm³/mol. The van der Waals surface area contributed by atoms with Gasteiger partial charge in [-0.25, -0.2) is 0 Å². The molecule has 20 heavy (non-hydrogen) atoms. The van der Waals surface area contributed by atoms with Crippen LogP contribution < -0.4 is 11.1 Å². The molecule has 1 aromatic rings. The second-order valence-corrected chi connectivity index (χ2v) is 7.08. The van der Waals surface area contributed by atoms with Gasteiger partial charge in [0.1, 0.15) is 0 Å². The molecule has 1 aromatic carbocycles. The number of rotatable bonds is 4. The maximum atomic E-state index is 12.2. The number of nitrogens with one attached hydrogen (secondary N) is 1. The number of carbonyl (C=O) groups is 1. The van der Waals surface area contributed by atoms with Crippen LogP contribution in [0.1, 0.15) is 39.0 Å². The van der Waals surface area contributed by atoms with E-state index in [1.807, 2.05) is 13.0 Å². The van der Waals surface area contributed by atoms with Crippen LogP contribution in [0, 0.1) is 0 Å². The lowest BCUT2D eigenvalue weighted by atomic mass is 9.95. The van der Waals surface area contributed by atoms with Gasteiger partial charge in [0.2, 0.25) is 5.91 Å². The fourth-order valence-electron chi connectivity index (χ4n) is 2.42. The monoisotopic (exact) mass is 312 g/mol. The number of hydrogen-bond donors (Lipinski definition) is 2. The van der Waals surface area contributed by atoms with E-state index in [-0.39, 0.29) is 11.2 Å². The zero-order valence-corrected chi connectivity index (χ0v) is 13.3. The van der Waals surface area contributed by atoms with Crippen LogP contribution in [0.25, 0.3) is 0 Å². The molecule has 3 N–H and O–H groups in total. The van der Waals surface area contributed by atoms with Crippen LogP contribution in [0.2, 0.25) is 5.02 Å². The Labute approximate surface area is 129 Å². The fourth-order valence-corrected chi connectivity index (χ4v) is 3.62. The second-order valence-electron chi connectivity index (χ2n) is 5.29. The SMILES string of the molecule is CC(Sc1ccc(N)cc1Cl)C(=O)NC1CCCCC1. The van der Waals surface area contributed by atoms with E-state index in [0.717, 1.165) is 17.7 Å². The van der Waals surface area contributed by atoms with Crippen LogP contribution in [-0.2, 0) is 4.79 Å². The number of thioether (sulfide) groups is 1. The lowest BCUT2D eigenvalue weighted by molar-refractivity contribution is -0.121. The summed E-state index contributed by atoms with van der Waals surface area (Å²) >= 11 is 7.61. The third-order valence-corrected chi connectivity index (χ3v) is 5.18. The van der Waals surface area contributed by atoms with Crippen LogP contribution in [0.5, 0.6) is 0 Å². The third-order valence-electron chi connectivity index (χ3n) is 3.58. The quantitative estimate of drug-likeness (QED) is 0.656. The van der Waals surface area contributed by atoms with Crippen molar-refractivity contribution < 1.29 is 4.79 Å². The number of benzene rings is 1. The van der Waals surface area contributed by atoms with E-state index in [2.05, 4.69) is 5.32 Å². The standard InChI is InChI=1S/C15H21ClN2OS/c1-10(15(19)18-12-5-3-2-4-6-12)20-14-8-7-11(17)9-13(14)16/h7-10,12H,2-6,17H2,1H3,(H,18,19). The molecule has 1 aliphatic carbocycles. The van der Waals surface area contributed by atoms with E-state index in [9.17, 15) is 4.79 Å². The Balaban J connectivity index is 1.89. The molecule has 3 nitrogen and oxygen atoms in total. The molecule has 1 unspecified atom stereocenters. The molecule has 1 saturated carbocycles. The van der Waals surface area contributed by atoms with E-state index >= 15 is 0 Å². The first-order valence-corrected chi connectivity index (χ1v) is 8.34. The van der Waals surface area contributed by atoms with Gasteiger partial charge in [0, 0.05) is 16.6 Å². The highest BCUT2D eigenvalue weighted by molar-refractivity contribution is 8.00. The fraction of sp³-hybridized carbons (Fsp3) is 0.533. The molecule has 0 aromatic heterocycles. The Morgan fingerprint density at radius 3 is 2.75 bits per heavy atom. The van der Waals surface area contributed by atoms with Crippen LogP contribution in [0.3, 0.4) is 0 Å². The van der Waals surface area contributed by atoms with Gasteiger partial charge >= 0.3 is 0 Å². The van der Waals surface area contributed by atoms with Gasteiger partial charge < -0.3 is 11.1 Å². The smallest absolute Gasteiger partial charge is 0.233 e. The number of halogens is 1. The van der Waals surface area contributed by atoms with Crippen LogP contribution in [-0.4, -0.2) is 17.2 Å². The molecule has 1 aliphatic rings. The van der Waals surface area contributed by atoms with Gasteiger partial charge in [0.05, 0.1) is 10.3 Å². The molecule has 0 saturated heterocycles. The maximum absolute atomic E-state index is 12.2. The first kappa shape index (κ1) is 15.5. The van der Waals surface area contributed by atoms with E-state index < -0.39 is 0 Å². The molecule has 0 spiro atoms. The molecular weight excluding hydrogens is 292 g/mol.